The van der Waals surface area contributed by atoms with Crippen LogP contribution in [0.3, 0.4) is 0 Å². The Morgan fingerprint density at radius 2 is 1.55 bits per heavy atom. The van der Waals surface area contributed by atoms with Crippen molar-refractivity contribution in [1.82, 2.24) is 9.44 Å². The number of carbonyl (C=O) groups is 1. The van der Waals surface area contributed by atoms with Crippen LogP contribution in [0.25, 0.3) is 0 Å². The summed E-state index contributed by atoms with van der Waals surface area (Å²) in [5.41, 5.74) is 2.53. The van der Waals surface area contributed by atoms with Gasteiger partial charge in [0.05, 0.1) is 0 Å². The molecule has 0 bridgehead atoms. The van der Waals surface area contributed by atoms with Gasteiger partial charge in [-0.05, 0) is 28.7 Å². The summed E-state index contributed by atoms with van der Waals surface area (Å²) in [6.45, 7) is 0. The van der Waals surface area contributed by atoms with E-state index in [1.165, 1.54) is 0 Å². The van der Waals surface area contributed by atoms with Crippen LogP contribution < -0.4 is 9.44 Å². The Morgan fingerprint density at radius 1 is 0.909 bits per heavy atom. The molecule has 1 fully saturated rings. The summed E-state index contributed by atoms with van der Waals surface area (Å²) >= 11 is 0. The van der Waals surface area contributed by atoms with Gasteiger partial charge in [-0.3, -0.25) is 4.79 Å². The number of benzene rings is 2. The highest BCUT2D eigenvalue weighted by Crippen LogP contribution is 2.37. The molecular weight excluding hydrogens is 300 g/mol. The van der Waals surface area contributed by atoms with Crippen molar-refractivity contribution in [2.24, 2.45) is 0 Å². The van der Waals surface area contributed by atoms with Crippen LogP contribution >= 0.6 is 0 Å². The zero-order valence-electron chi connectivity index (χ0n) is 11.7. The van der Waals surface area contributed by atoms with Crippen LogP contribution in [0.1, 0.15) is 22.3 Å². The summed E-state index contributed by atoms with van der Waals surface area (Å²) in [5.74, 6) is -0.517. The molecule has 0 radical (unpaired) electrons. The maximum absolute atomic E-state index is 12.5. The Hall–Kier alpha value is -2.18. The molecule has 112 valence electrons. The highest BCUT2D eigenvalue weighted by molar-refractivity contribution is 7.88. The number of rotatable bonds is 0. The van der Waals surface area contributed by atoms with Crippen LogP contribution in [0.2, 0.25) is 0 Å². The largest absolute Gasteiger partial charge is 0.302 e. The van der Waals surface area contributed by atoms with E-state index >= 15 is 0 Å². The maximum Gasteiger partial charge on any atom is 0.302 e. The molecule has 22 heavy (non-hydrogen) atoms. The fraction of sp³-hybridized carbons (Fsp3) is 0.188. The molecule has 4 rings (SSSR count). The topological polar surface area (TPSA) is 75.3 Å². The number of amides is 1. The summed E-state index contributed by atoms with van der Waals surface area (Å²) in [6.07, 6.45) is 0.994. The van der Waals surface area contributed by atoms with Gasteiger partial charge in [0, 0.05) is 6.42 Å². The molecule has 1 heterocycles. The third-order valence-corrected chi connectivity index (χ3v) is 5.43. The molecular formula is C16H14N2O3S. The summed E-state index contributed by atoms with van der Waals surface area (Å²) in [7, 11) is -3.81. The summed E-state index contributed by atoms with van der Waals surface area (Å²) in [5, 5.41) is 0. The van der Waals surface area contributed by atoms with Gasteiger partial charge in [0.2, 0.25) is 0 Å². The van der Waals surface area contributed by atoms with E-state index < -0.39 is 21.7 Å². The first kappa shape index (κ1) is 13.5. The van der Waals surface area contributed by atoms with Gasteiger partial charge >= 0.3 is 10.2 Å². The standard InChI is InChI=1S/C16H14N2O3S/c19-15-16(18-22(20,21)17-15)10-13-7-2-1-5-11(13)9-12-6-3-4-8-14(12)16/h1-8,18H,9-10H2,(H,17,19). The van der Waals surface area contributed by atoms with Crippen molar-refractivity contribution in [3.63, 3.8) is 0 Å². The van der Waals surface area contributed by atoms with Gasteiger partial charge in [-0.15, -0.1) is 0 Å². The van der Waals surface area contributed by atoms with Crippen molar-refractivity contribution < 1.29 is 13.2 Å². The van der Waals surface area contributed by atoms with Gasteiger partial charge in [0.1, 0.15) is 5.54 Å². The van der Waals surface area contributed by atoms with E-state index in [-0.39, 0.29) is 0 Å². The van der Waals surface area contributed by atoms with Crippen LogP contribution in [0.15, 0.2) is 48.5 Å². The average Bonchev–Trinajstić information content (AvgIpc) is 2.63. The van der Waals surface area contributed by atoms with E-state index in [2.05, 4.69) is 9.44 Å². The molecule has 1 amide bonds. The first-order valence-corrected chi connectivity index (χ1v) is 8.50. The predicted molar refractivity (Wildman–Crippen MR) is 81.3 cm³/mol. The highest BCUT2D eigenvalue weighted by Gasteiger charge is 2.52. The Balaban J connectivity index is 2.01. The van der Waals surface area contributed by atoms with Gasteiger partial charge in [-0.1, -0.05) is 48.5 Å². The van der Waals surface area contributed by atoms with Crippen LogP contribution in [0.5, 0.6) is 0 Å². The summed E-state index contributed by atoms with van der Waals surface area (Å²) < 4.78 is 28.4. The lowest BCUT2D eigenvalue weighted by Gasteiger charge is -2.26. The van der Waals surface area contributed by atoms with Gasteiger partial charge in [-0.2, -0.15) is 13.1 Å². The predicted octanol–water partition coefficient (Wildman–Crippen LogP) is 0.993. The summed E-state index contributed by atoms with van der Waals surface area (Å²) in [6, 6.07) is 15.3. The molecule has 6 heteroatoms. The first-order valence-electron chi connectivity index (χ1n) is 7.01. The molecule has 5 nitrogen and oxygen atoms in total. The molecule has 1 aliphatic heterocycles. The maximum atomic E-state index is 12.5. The SMILES string of the molecule is O=C1NS(=O)(=O)NC12Cc1ccccc1Cc1ccccc12. The van der Waals surface area contributed by atoms with Crippen molar-refractivity contribution in [2.75, 3.05) is 0 Å². The monoisotopic (exact) mass is 314 g/mol. The number of carbonyl (C=O) groups excluding carboxylic acids is 1. The Kier molecular flexibility index (Phi) is 2.70. The highest BCUT2D eigenvalue weighted by atomic mass is 32.2. The zero-order valence-corrected chi connectivity index (χ0v) is 12.5. The third kappa shape index (κ3) is 1.88. The average molecular weight is 314 g/mol. The molecule has 1 spiro atoms. The molecule has 0 saturated carbocycles. The molecule has 1 unspecified atom stereocenters. The van der Waals surface area contributed by atoms with Crippen LogP contribution in [-0.4, -0.2) is 14.3 Å². The fourth-order valence-corrected chi connectivity index (χ4v) is 4.59. The molecule has 2 aromatic carbocycles. The smallest absolute Gasteiger partial charge is 0.271 e. The van der Waals surface area contributed by atoms with Gasteiger partial charge < -0.3 is 0 Å². The van der Waals surface area contributed by atoms with E-state index in [0.717, 1.165) is 22.3 Å². The lowest BCUT2D eigenvalue weighted by molar-refractivity contribution is -0.124. The lowest BCUT2D eigenvalue weighted by Crippen LogP contribution is -2.46. The lowest BCUT2D eigenvalue weighted by atomic mass is 9.83. The Labute approximate surface area is 128 Å². The Morgan fingerprint density at radius 3 is 2.23 bits per heavy atom. The van der Waals surface area contributed by atoms with E-state index in [4.69, 9.17) is 0 Å². The molecule has 0 aromatic heterocycles. The van der Waals surface area contributed by atoms with Crippen molar-refractivity contribution in [2.45, 2.75) is 18.4 Å². The van der Waals surface area contributed by atoms with E-state index in [1.54, 1.807) is 0 Å². The number of fused-ring (bicyclic) bond motifs is 3. The molecule has 2 aromatic rings. The second-order valence-electron chi connectivity index (χ2n) is 5.72. The number of hydrogen-bond donors (Lipinski definition) is 2. The fourth-order valence-electron chi connectivity index (χ4n) is 3.38. The van der Waals surface area contributed by atoms with Crippen molar-refractivity contribution in [3.05, 3.63) is 70.8 Å². The third-order valence-electron chi connectivity index (χ3n) is 4.36. The van der Waals surface area contributed by atoms with E-state index in [1.807, 2.05) is 48.5 Å². The normalized spacial score (nSPS) is 25.2. The van der Waals surface area contributed by atoms with E-state index in [0.29, 0.717) is 12.8 Å². The molecule has 2 N–H and O–H groups in total. The quantitative estimate of drug-likeness (QED) is 0.761. The summed E-state index contributed by atoms with van der Waals surface area (Å²) in [4.78, 5) is 12.5. The Bertz CT molecular complexity index is 892. The number of hydrogen-bond acceptors (Lipinski definition) is 3. The molecule has 1 atom stereocenters. The van der Waals surface area contributed by atoms with Crippen molar-refractivity contribution in [3.8, 4) is 0 Å². The van der Waals surface area contributed by atoms with Crippen LogP contribution in [-0.2, 0) is 33.4 Å². The van der Waals surface area contributed by atoms with Gasteiger partial charge in [-0.25, -0.2) is 4.72 Å². The molecule has 2 aliphatic rings. The van der Waals surface area contributed by atoms with Crippen molar-refractivity contribution in [1.29, 1.82) is 0 Å². The van der Waals surface area contributed by atoms with Gasteiger partial charge in [0.15, 0.2) is 0 Å². The van der Waals surface area contributed by atoms with E-state index in [9.17, 15) is 13.2 Å². The zero-order chi connectivity index (χ0) is 15.4. The first-order chi connectivity index (χ1) is 10.5. The van der Waals surface area contributed by atoms with Crippen LogP contribution in [0.4, 0.5) is 0 Å². The second kappa shape index (κ2) is 4.41. The minimum Gasteiger partial charge on any atom is -0.271 e. The second-order valence-corrected chi connectivity index (χ2v) is 7.14. The van der Waals surface area contributed by atoms with Crippen LogP contribution in [0, 0.1) is 0 Å². The minimum atomic E-state index is -3.81. The molecule has 1 aliphatic carbocycles. The molecule has 1 saturated heterocycles. The van der Waals surface area contributed by atoms with Gasteiger partial charge in [0.25, 0.3) is 5.91 Å². The van der Waals surface area contributed by atoms with Crippen molar-refractivity contribution >= 4 is 16.1 Å². The number of nitrogens with one attached hydrogen (secondary N) is 2. The minimum absolute atomic E-state index is 0.311.